The lowest BCUT2D eigenvalue weighted by Crippen LogP contribution is -2.40. The maximum Gasteiger partial charge on any atom is 0.344 e. The van der Waals surface area contributed by atoms with E-state index in [9.17, 15) is 4.79 Å². The molecule has 0 spiro atoms. The summed E-state index contributed by atoms with van der Waals surface area (Å²) < 4.78 is 16.9. The van der Waals surface area contributed by atoms with Crippen molar-refractivity contribution in [1.29, 1.82) is 0 Å². The minimum absolute atomic E-state index is 0.0753. The number of carbonyl (C=O) groups is 1. The first kappa shape index (κ1) is 20.7. The third kappa shape index (κ3) is 5.95. The first-order valence-corrected chi connectivity index (χ1v) is 11.6. The Bertz CT molecular complexity index is 547. The number of benzene rings is 1. The Labute approximate surface area is 147 Å². The third-order valence-electron chi connectivity index (χ3n) is 4.59. The fraction of sp³-hybridized carbons (Fsp3) is 0.632. The van der Waals surface area contributed by atoms with Crippen LogP contribution in [0.4, 0.5) is 0 Å². The molecule has 5 heteroatoms. The molecule has 0 aliphatic rings. The van der Waals surface area contributed by atoms with Crippen LogP contribution in [0.2, 0.25) is 18.1 Å². The molecular formula is C19H32O4Si. The highest BCUT2D eigenvalue weighted by Gasteiger charge is 2.37. The highest BCUT2D eigenvalue weighted by molar-refractivity contribution is 6.74. The van der Waals surface area contributed by atoms with Crippen molar-refractivity contribution < 1.29 is 18.7 Å². The van der Waals surface area contributed by atoms with Gasteiger partial charge in [0.15, 0.2) is 14.9 Å². The molecule has 0 heterocycles. The lowest BCUT2D eigenvalue weighted by molar-refractivity contribution is -0.145. The van der Waals surface area contributed by atoms with Crippen LogP contribution in [0.1, 0.15) is 45.7 Å². The molecule has 1 rings (SSSR count). The van der Waals surface area contributed by atoms with E-state index >= 15 is 0 Å². The SMILES string of the molecule is CCOC(=O)COc1cc(CC)ccc1CO[Si](C)(C)C(C)(C)C. The second-order valence-corrected chi connectivity index (χ2v) is 12.2. The summed E-state index contributed by atoms with van der Waals surface area (Å²) in [6.07, 6.45) is 0.916. The molecule has 0 N–H and O–H groups in total. The second kappa shape index (κ2) is 8.67. The van der Waals surface area contributed by atoms with Crippen molar-refractivity contribution in [2.45, 2.75) is 65.8 Å². The van der Waals surface area contributed by atoms with Crippen LogP contribution in [-0.4, -0.2) is 27.5 Å². The fourth-order valence-corrected chi connectivity index (χ4v) is 2.84. The third-order valence-corrected chi connectivity index (χ3v) is 9.06. The minimum Gasteiger partial charge on any atom is -0.482 e. The van der Waals surface area contributed by atoms with Gasteiger partial charge in [0.2, 0.25) is 0 Å². The van der Waals surface area contributed by atoms with Crippen molar-refractivity contribution in [3.8, 4) is 5.75 Å². The first-order chi connectivity index (χ1) is 11.1. The van der Waals surface area contributed by atoms with Crippen molar-refractivity contribution in [1.82, 2.24) is 0 Å². The van der Waals surface area contributed by atoms with Gasteiger partial charge in [-0.25, -0.2) is 4.79 Å². The number of hydrogen-bond donors (Lipinski definition) is 0. The van der Waals surface area contributed by atoms with Crippen molar-refractivity contribution in [3.63, 3.8) is 0 Å². The Kier molecular flexibility index (Phi) is 7.48. The van der Waals surface area contributed by atoms with Gasteiger partial charge in [-0.2, -0.15) is 0 Å². The van der Waals surface area contributed by atoms with Crippen LogP contribution in [0.3, 0.4) is 0 Å². The van der Waals surface area contributed by atoms with E-state index in [0.717, 1.165) is 12.0 Å². The van der Waals surface area contributed by atoms with E-state index in [-0.39, 0.29) is 17.6 Å². The largest absolute Gasteiger partial charge is 0.482 e. The van der Waals surface area contributed by atoms with Crippen LogP contribution < -0.4 is 4.74 Å². The predicted octanol–water partition coefficient (Wildman–Crippen LogP) is 4.71. The molecule has 0 aromatic heterocycles. The van der Waals surface area contributed by atoms with E-state index in [2.05, 4.69) is 46.9 Å². The lowest BCUT2D eigenvalue weighted by atomic mass is 10.1. The number of esters is 1. The smallest absolute Gasteiger partial charge is 0.344 e. The lowest BCUT2D eigenvalue weighted by Gasteiger charge is -2.36. The molecule has 0 unspecified atom stereocenters. The molecule has 1 aromatic carbocycles. The van der Waals surface area contributed by atoms with Crippen molar-refractivity contribution in [3.05, 3.63) is 29.3 Å². The number of ether oxygens (including phenoxy) is 2. The van der Waals surface area contributed by atoms with Gasteiger partial charge < -0.3 is 13.9 Å². The van der Waals surface area contributed by atoms with Crippen LogP contribution in [0.5, 0.6) is 5.75 Å². The van der Waals surface area contributed by atoms with Gasteiger partial charge in [0, 0.05) is 5.56 Å². The van der Waals surface area contributed by atoms with Gasteiger partial charge in [-0.3, -0.25) is 0 Å². The Balaban J connectivity index is 2.87. The highest BCUT2D eigenvalue weighted by atomic mass is 28.4. The molecule has 0 aliphatic carbocycles. The number of hydrogen-bond acceptors (Lipinski definition) is 4. The molecule has 0 fully saturated rings. The number of carbonyl (C=O) groups excluding carboxylic acids is 1. The minimum atomic E-state index is -1.84. The average Bonchev–Trinajstić information content (AvgIpc) is 2.50. The maximum absolute atomic E-state index is 11.6. The molecular weight excluding hydrogens is 320 g/mol. The molecule has 0 aliphatic heterocycles. The zero-order valence-electron chi connectivity index (χ0n) is 16.2. The summed E-state index contributed by atoms with van der Waals surface area (Å²) in [6, 6.07) is 6.11. The predicted molar refractivity (Wildman–Crippen MR) is 99.9 cm³/mol. The van der Waals surface area contributed by atoms with Gasteiger partial charge in [0.05, 0.1) is 13.2 Å². The summed E-state index contributed by atoms with van der Waals surface area (Å²) in [7, 11) is -1.84. The van der Waals surface area contributed by atoms with Crippen molar-refractivity contribution >= 4 is 14.3 Å². The summed E-state index contributed by atoms with van der Waals surface area (Å²) in [5, 5.41) is 0.155. The zero-order chi connectivity index (χ0) is 18.4. The van der Waals surface area contributed by atoms with E-state index in [4.69, 9.17) is 13.9 Å². The molecule has 4 nitrogen and oxygen atoms in total. The standard InChI is InChI=1S/C19H32O4Si/c1-8-15-10-11-16(13-23-24(6,7)19(3,4)5)17(12-15)22-14-18(20)21-9-2/h10-12H,8-9,13-14H2,1-7H3. The van der Waals surface area contributed by atoms with Crippen molar-refractivity contribution in [2.75, 3.05) is 13.2 Å². The summed E-state index contributed by atoms with van der Waals surface area (Å²) in [5.41, 5.74) is 2.14. The van der Waals surface area contributed by atoms with Crippen molar-refractivity contribution in [2.24, 2.45) is 0 Å². The van der Waals surface area contributed by atoms with Gasteiger partial charge in [0.25, 0.3) is 0 Å². The number of rotatable bonds is 8. The highest BCUT2D eigenvalue weighted by Crippen LogP contribution is 2.37. The van der Waals surface area contributed by atoms with E-state index in [1.165, 1.54) is 5.56 Å². The van der Waals surface area contributed by atoms with Gasteiger partial charge in [0.1, 0.15) is 5.75 Å². The summed E-state index contributed by atoms with van der Waals surface area (Å²) in [4.78, 5) is 11.6. The molecule has 1 aromatic rings. The van der Waals surface area contributed by atoms with E-state index < -0.39 is 8.32 Å². The van der Waals surface area contributed by atoms with E-state index in [1.54, 1.807) is 6.92 Å². The van der Waals surface area contributed by atoms with Crippen LogP contribution in [-0.2, 0) is 27.0 Å². The molecule has 0 saturated heterocycles. The normalized spacial score (nSPS) is 12.1. The van der Waals surface area contributed by atoms with Crippen LogP contribution in [0, 0.1) is 0 Å². The van der Waals surface area contributed by atoms with Crippen LogP contribution >= 0.6 is 0 Å². The molecule has 0 bridgehead atoms. The topological polar surface area (TPSA) is 44.8 Å². The zero-order valence-corrected chi connectivity index (χ0v) is 17.2. The molecule has 0 radical (unpaired) electrons. The van der Waals surface area contributed by atoms with Gasteiger partial charge in [-0.05, 0) is 43.1 Å². The fourth-order valence-electron chi connectivity index (χ4n) is 1.89. The first-order valence-electron chi connectivity index (χ1n) is 8.65. The van der Waals surface area contributed by atoms with Gasteiger partial charge in [-0.1, -0.05) is 39.8 Å². The Hall–Kier alpha value is -1.33. The Morgan fingerprint density at radius 3 is 2.38 bits per heavy atom. The summed E-state index contributed by atoms with van der Waals surface area (Å²) in [6.45, 7) is 15.8. The van der Waals surface area contributed by atoms with Crippen LogP contribution in [0.25, 0.3) is 0 Å². The molecule has 0 amide bonds. The monoisotopic (exact) mass is 352 g/mol. The number of aryl methyl sites for hydroxylation is 1. The van der Waals surface area contributed by atoms with Gasteiger partial charge >= 0.3 is 5.97 Å². The quantitative estimate of drug-likeness (QED) is 0.502. The Morgan fingerprint density at radius 2 is 1.83 bits per heavy atom. The summed E-state index contributed by atoms with van der Waals surface area (Å²) in [5.74, 6) is 0.358. The van der Waals surface area contributed by atoms with E-state index in [1.807, 2.05) is 12.1 Å². The maximum atomic E-state index is 11.6. The molecule has 136 valence electrons. The van der Waals surface area contributed by atoms with E-state index in [0.29, 0.717) is 19.0 Å². The average molecular weight is 353 g/mol. The second-order valence-electron chi connectivity index (χ2n) is 7.44. The van der Waals surface area contributed by atoms with Gasteiger partial charge in [-0.15, -0.1) is 0 Å². The van der Waals surface area contributed by atoms with Crippen LogP contribution in [0.15, 0.2) is 18.2 Å². The Morgan fingerprint density at radius 1 is 1.17 bits per heavy atom. The molecule has 24 heavy (non-hydrogen) atoms. The summed E-state index contributed by atoms with van der Waals surface area (Å²) >= 11 is 0. The molecule has 0 atom stereocenters. The molecule has 0 saturated carbocycles.